The zero-order chi connectivity index (χ0) is 11.0. The average Bonchev–Trinajstić information content (AvgIpc) is 2.62. The first-order valence-electron chi connectivity index (χ1n) is 5.41. The summed E-state index contributed by atoms with van der Waals surface area (Å²) >= 11 is 0. The highest BCUT2D eigenvalue weighted by Crippen LogP contribution is 2.29. The third kappa shape index (κ3) is 1.62. The van der Waals surface area contributed by atoms with Gasteiger partial charge in [0, 0.05) is 6.20 Å². The molecule has 1 amide bonds. The van der Waals surface area contributed by atoms with Crippen molar-refractivity contribution >= 4 is 5.91 Å². The number of aryl methyl sites for hydroxylation is 1. The molecule has 0 unspecified atom stereocenters. The number of nitrogens with zero attached hydrogens (tertiary/aromatic N) is 1. The van der Waals surface area contributed by atoms with Gasteiger partial charge in [-0.1, -0.05) is 13.8 Å². The van der Waals surface area contributed by atoms with Gasteiger partial charge in [-0.05, 0) is 36.3 Å². The number of fused-ring (bicyclic) bond motifs is 1. The van der Waals surface area contributed by atoms with E-state index in [4.69, 9.17) is 5.73 Å². The molecule has 1 aliphatic rings. The lowest BCUT2D eigenvalue weighted by Crippen LogP contribution is -2.18. The fourth-order valence-electron chi connectivity index (χ4n) is 2.27. The molecule has 15 heavy (non-hydrogen) atoms. The number of carbonyl (C=O) groups excluding carboxylic acids is 1. The van der Waals surface area contributed by atoms with Gasteiger partial charge in [0.25, 0.3) is 5.91 Å². The molecule has 0 atom stereocenters. The third-order valence-corrected chi connectivity index (χ3v) is 2.97. The highest BCUT2D eigenvalue weighted by atomic mass is 16.1. The lowest BCUT2D eigenvalue weighted by molar-refractivity contribution is 0.0997. The van der Waals surface area contributed by atoms with Gasteiger partial charge < -0.3 is 5.73 Å². The third-order valence-electron chi connectivity index (χ3n) is 2.97. The molecule has 2 N–H and O–H groups in total. The number of carbonyl (C=O) groups is 1. The van der Waals surface area contributed by atoms with Crippen molar-refractivity contribution in [3.63, 3.8) is 0 Å². The summed E-state index contributed by atoms with van der Waals surface area (Å²) in [5.41, 5.74) is 9.32. The Morgan fingerprint density at radius 1 is 1.47 bits per heavy atom. The van der Waals surface area contributed by atoms with Crippen molar-refractivity contribution in [3.8, 4) is 0 Å². The minimum absolute atomic E-state index is 0.249. The van der Waals surface area contributed by atoms with E-state index in [1.165, 1.54) is 5.56 Å². The predicted molar refractivity (Wildman–Crippen MR) is 58.9 cm³/mol. The lowest BCUT2D eigenvalue weighted by Gasteiger charge is -2.13. The van der Waals surface area contributed by atoms with Crippen molar-refractivity contribution in [2.24, 2.45) is 5.73 Å². The second-order valence-electron chi connectivity index (χ2n) is 4.39. The highest BCUT2D eigenvalue weighted by Gasteiger charge is 2.23. The first kappa shape index (κ1) is 10.1. The number of nitrogens with two attached hydrogens (primary N) is 1. The minimum Gasteiger partial charge on any atom is -0.366 e. The number of hydrogen-bond donors (Lipinski definition) is 1. The van der Waals surface area contributed by atoms with Gasteiger partial charge in [0.2, 0.25) is 0 Å². The molecule has 1 aliphatic carbocycles. The molecule has 80 valence electrons. The van der Waals surface area contributed by atoms with E-state index < -0.39 is 0 Å². The van der Waals surface area contributed by atoms with Gasteiger partial charge >= 0.3 is 0 Å². The average molecular weight is 204 g/mol. The van der Waals surface area contributed by atoms with Gasteiger partial charge in [0.15, 0.2) is 0 Å². The van der Waals surface area contributed by atoms with Crippen LogP contribution in [0.1, 0.15) is 53.4 Å². The van der Waals surface area contributed by atoms with Crippen LogP contribution in [0.5, 0.6) is 0 Å². The number of rotatable bonds is 2. The van der Waals surface area contributed by atoms with Crippen molar-refractivity contribution in [3.05, 3.63) is 28.6 Å². The van der Waals surface area contributed by atoms with Crippen LogP contribution >= 0.6 is 0 Å². The van der Waals surface area contributed by atoms with Gasteiger partial charge in [-0.15, -0.1) is 0 Å². The van der Waals surface area contributed by atoms with Crippen molar-refractivity contribution in [2.75, 3.05) is 0 Å². The Hall–Kier alpha value is -1.38. The van der Waals surface area contributed by atoms with Crippen molar-refractivity contribution < 1.29 is 4.79 Å². The summed E-state index contributed by atoms with van der Waals surface area (Å²) in [6.07, 6.45) is 5.01. The quantitative estimate of drug-likeness (QED) is 0.798. The second-order valence-corrected chi connectivity index (χ2v) is 4.39. The molecule has 3 nitrogen and oxygen atoms in total. The van der Waals surface area contributed by atoms with E-state index in [-0.39, 0.29) is 11.8 Å². The fraction of sp³-hybridized carbons (Fsp3) is 0.500. The number of primary amides is 1. The largest absolute Gasteiger partial charge is 0.366 e. The number of aromatic nitrogens is 1. The van der Waals surface area contributed by atoms with Gasteiger partial charge in [-0.3, -0.25) is 9.78 Å². The molecule has 0 fully saturated rings. The maximum absolute atomic E-state index is 11.5. The van der Waals surface area contributed by atoms with Crippen LogP contribution in [-0.4, -0.2) is 10.9 Å². The van der Waals surface area contributed by atoms with E-state index in [0.717, 1.165) is 30.5 Å². The lowest BCUT2D eigenvalue weighted by atomic mass is 9.96. The van der Waals surface area contributed by atoms with E-state index in [1.807, 2.05) is 20.0 Å². The Kier molecular flexibility index (Phi) is 2.47. The molecule has 0 radical (unpaired) electrons. The summed E-state index contributed by atoms with van der Waals surface area (Å²) in [6, 6.07) is 0. The van der Waals surface area contributed by atoms with E-state index >= 15 is 0 Å². The fourth-order valence-corrected chi connectivity index (χ4v) is 2.27. The van der Waals surface area contributed by atoms with Gasteiger partial charge in [0.05, 0.1) is 11.3 Å². The van der Waals surface area contributed by atoms with Crippen LogP contribution in [0.2, 0.25) is 0 Å². The molecule has 2 rings (SSSR count). The smallest absolute Gasteiger partial charge is 0.250 e. The van der Waals surface area contributed by atoms with E-state index in [2.05, 4.69) is 4.98 Å². The van der Waals surface area contributed by atoms with Crippen molar-refractivity contribution in [1.29, 1.82) is 0 Å². The van der Waals surface area contributed by atoms with Crippen LogP contribution in [0.15, 0.2) is 6.20 Å². The number of amides is 1. The predicted octanol–water partition coefficient (Wildman–Crippen LogP) is 1.79. The first-order valence-corrected chi connectivity index (χ1v) is 5.41. The monoisotopic (exact) mass is 204 g/mol. The Morgan fingerprint density at radius 3 is 2.80 bits per heavy atom. The molecule has 0 spiro atoms. The van der Waals surface area contributed by atoms with Crippen LogP contribution < -0.4 is 5.73 Å². The molecule has 0 saturated heterocycles. The Bertz CT molecular complexity index is 410. The molecular formula is C12H16N2O. The maximum atomic E-state index is 11.5. The zero-order valence-corrected chi connectivity index (χ0v) is 9.21. The summed E-state index contributed by atoms with van der Waals surface area (Å²) in [7, 11) is 0. The molecule has 0 aliphatic heterocycles. The molecule has 1 heterocycles. The molecule has 1 aromatic rings. The standard InChI is InChI=1S/C12H16N2O/c1-7(2)11-10(12(13)15)9-5-3-4-8(9)6-14-11/h6-7H,3-5H2,1-2H3,(H2,13,15). The van der Waals surface area contributed by atoms with E-state index in [0.29, 0.717) is 5.56 Å². The Balaban J connectivity index is 2.63. The normalized spacial score (nSPS) is 14.3. The molecule has 0 aromatic carbocycles. The summed E-state index contributed by atoms with van der Waals surface area (Å²) < 4.78 is 0. The minimum atomic E-state index is -0.329. The summed E-state index contributed by atoms with van der Waals surface area (Å²) in [4.78, 5) is 15.8. The van der Waals surface area contributed by atoms with Crippen LogP contribution in [0, 0.1) is 0 Å². The first-order chi connectivity index (χ1) is 7.11. The SMILES string of the molecule is CC(C)c1ncc2c(c1C(N)=O)CCC2. The summed E-state index contributed by atoms with van der Waals surface area (Å²) in [6.45, 7) is 4.08. The number of hydrogen-bond acceptors (Lipinski definition) is 2. The summed E-state index contributed by atoms with van der Waals surface area (Å²) in [5, 5.41) is 0. The molecule has 0 bridgehead atoms. The van der Waals surface area contributed by atoms with Crippen LogP contribution in [0.3, 0.4) is 0 Å². The van der Waals surface area contributed by atoms with Crippen molar-refractivity contribution in [2.45, 2.75) is 39.0 Å². The van der Waals surface area contributed by atoms with Gasteiger partial charge in [-0.2, -0.15) is 0 Å². The molecule has 3 heteroatoms. The summed E-state index contributed by atoms with van der Waals surface area (Å²) in [5.74, 6) is -0.0802. The van der Waals surface area contributed by atoms with Gasteiger partial charge in [0.1, 0.15) is 0 Å². The van der Waals surface area contributed by atoms with E-state index in [1.54, 1.807) is 0 Å². The van der Waals surface area contributed by atoms with Crippen LogP contribution in [0.25, 0.3) is 0 Å². The molecule has 0 saturated carbocycles. The highest BCUT2D eigenvalue weighted by molar-refractivity contribution is 5.96. The second kappa shape index (κ2) is 3.65. The Morgan fingerprint density at radius 2 is 2.20 bits per heavy atom. The van der Waals surface area contributed by atoms with E-state index in [9.17, 15) is 4.79 Å². The Labute approximate surface area is 89.7 Å². The van der Waals surface area contributed by atoms with Gasteiger partial charge in [-0.25, -0.2) is 0 Å². The zero-order valence-electron chi connectivity index (χ0n) is 9.21. The molecular weight excluding hydrogens is 188 g/mol. The van der Waals surface area contributed by atoms with Crippen LogP contribution in [-0.2, 0) is 12.8 Å². The topological polar surface area (TPSA) is 56.0 Å². The van der Waals surface area contributed by atoms with Crippen LogP contribution in [0.4, 0.5) is 0 Å². The number of pyridine rings is 1. The maximum Gasteiger partial charge on any atom is 0.250 e. The van der Waals surface area contributed by atoms with Crippen molar-refractivity contribution in [1.82, 2.24) is 4.98 Å². The molecule has 1 aromatic heterocycles.